The average molecular weight is 195 g/mol. The van der Waals surface area contributed by atoms with Gasteiger partial charge in [0.25, 0.3) is 0 Å². The van der Waals surface area contributed by atoms with Gasteiger partial charge in [-0.2, -0.15) is 0 Å². The van der Waals surface area contributed by atoms with Crippen LogP contribution in [0, 0.1) is 6.92 Å². The first-order chi connectivity index (χ1) is 6.59. The lowest BCUT2D eigenvalue weighted by atomic mass is 10.0. The van der Waals surface area contributed by atoms with Gasteiger partial charge in [0.05, 0.1) is 17.8 Å². The standard InChI is InChI=1S/C10H17N3O/c1-8-6-13(9(11)12-8)7-10(2)4-3-5-14-10/h6H,3-5,7H2,1-2H3,(H2,11,12). The highest BCUT2D eigenvalue weighted by Crippen LogP contribution is 2.27. The average Bonchev–Trinajstić information content (AvgIpc) is 2.61. The molecule has 0 aromatic carbocycles. The summed E-state index contributed by atoms with van der Waals surface area (Å²) in [7, 11) is 0. The Hall–Kier alpha value is -1.03. The van der Waals surface area contributed by atoms with Crippen molar-refractivity contribution in [1.29, 1.82) is 0 Å². The van der Waals surface area contributed by atoms with Gasteiger partial charge in [0.15, 0.2) is 5.95 Å². The van der Waals surface area contributed by atoms with Crippen molar-refractivity contribution in [2.75, 3.05) is 12.3 Å². The van der Waals surface area contributed by atoms with Crippen LogP contribution in [0.3, 0.4) is 0 Å². The van der Waals surface area contributed by atoms with Crippen LogP contribution in [0.15, 0.2) is 6.20 Å². The molecule has 4 nitrogen and oxygen atoms in total. The lowest BCUT2D eigenvalue weighted by Gasteiger charge is -2.23. The van der Waals surface area contributed by atoms with E-state index in [2.05, 4.69) is 11.9 Å². The second kappa shape index (κ2) is 3.28. The Morgan fingerprint density at radius 2 is 2.50 bits per heavy atom. The fourth-order valence-electron chi connectivity index (χ4n) is 2.01. The van der Waals surface area contributed by atoms with Gasteiger partial charge in [-0.25, -0.2) is 4.98 Å². The molecule has 2 rings (SSSR count). The summed E-state index contributed by atoms with van der Waals surface area (Å²) in [4.78, 5) is 4.17. The monoisotopic (exact) mass is 195 g/mol. The minimum Gasteiger partial charge on any atom is -0.373 e. The van der Waals surface area contributed by atoms with Crippen molar-refractivity contribution < 1.29 is 4.74 Å². The molecule has 78 valence electrons. The molecule has 1 aromatic heterocycles. The van der Waals surface area contributed by atoms with Crippen molar-refractivity contribution in [3.63, 3.8) is 0 Å². The summed E-state index contributed by atoms with van der Waals surface area (Å²) in [5.41, 5.74) is 6.68. The number of nitrogens with zero attached hydrogens (tertiary/aromatic N) is 2. The Balaban J connectivity index is 2.13. The summed E-state index contributed by atoms with van der Waals surface area (Å²) in [6.07, 6.45) is 4.22. The van der Waals surface area contributed by atoms with E-state index < -0.39 is 0 Å². The van der Waals surface area contributed by atoms with Crippen molar-refractivity contribution >= 4 is 5.95 Å². The molecule has 1 fully saturated rings. The predicted octanol–water partition coefficient (Wildman–Crippen LogP) is 1.34. The smallest absolute Gasteiger partial charge is 0.200 e. The van der Waals surface area contributed by atoms with Crippen molar-refractivity contribution in [1.82, 2.24) is 9.55 Å². The van der Waals surface area contributed by atoms with Gasteiger partial charge < -0.3 is 15.0 Å². The molecule has 1 aliphatic rings. The summed E-state index contributed by atoms with van der Waals surface area (Å²) >= 11 is 0. The topological polar surface area (TPSA) is 53.1 Å². The van der Waals surface area contributed by atoms with Crippen LogP contribution < -0.4 is 5.73 Å². The fraction of sp³-hybridized carbons (Fsp3) is 0.700. The van der Waals surface area contributed by atoms with Crippen LogP contribution in [0.4, 0.5) is 5.95 Å². The second-order valence-electron chi connectivity index (χ2n) is 4.27. The minimum absolute atomic E-state index is 0.0543. The van der Waals surface area contributed by atoms with Crippen LogP contribution in [0.1, 0.15) is 25.5 Å². The second-order valence-corrected chi connectivity index (χ2v) is 4.27. The van der Waals surface area contributed by atoms with Gasteiger partial charge in [-0.05, 0) is 26.7 Å². The molecule has 14 heavy (non-hydrogen) atoms. The number of ether oxygens (including phenoxy) is 1. The Bertz CT molecular complexity index is 326. The fourth-order valence-corrected chi connectivity index (χ4v) is 2.01. The molecule has 0 amide bonds. The van der Waals surface area contributed by atoms with Crippen LogP contribution in [0.25, 0.3) is 0 Å². The Morgan fingerprint density at radius 3 is 3.00 bits per heavy atom. The molecule has 1 saturated heterocycles. The predicted molar refractivity (Wildman–Crippen MR) is 55.0 cm³/mol. The first-order valence-electron chi connectivity index (χ1n) is 5.02. The molecule has 0 spiro atoms. The third-order valence-electron chi connectivity index (χ3n) is 2.73. The highest BCUT2D eigenvalue weighted by atomic mass is 16.5. The molecule has 2 N–H and O–H groups in total. The summed E-state index contributed by atoms with van der Waals surface area (Å²) in [5.74, 6) is 0.583. The minimum atomic E-state index is -0.0543. The lowest BCUT2D eigenvalue weighted by molar-refractivity contribution is 0.00667. The maximum atomic E-state index is 5.77. The SMILES string of the molecule is Cc1cn(CC2(C)CCCO2)c(N)n1. The van der Waals surface area contributed by atoms with E-state index >= 15 is 0 Å². The normalized spacial score (nSPS) is 27.0. The molecule has 2 heterocycles. The first-order valence-corrected chi connectivity index (χ1v) is 5.02. The van der Waals surface area contributed by atoms with Gasteiger partial charge in [-0.15, -0.1) is 0 Å². The van der Waals surface area contributed by atoms with Crippen molar-refractivity contribution in [2.24, 2.45) is 0 Å². The van der Waals surface area contributed by atoms with Crippen LogP contribution in [0.5, 0.6) is 0 Å². The quantitative estimate of drug-likeness (QED) is 0.774. The van der Waals surface area contributed by atoms with E-state index in [1.807, 2.05) is 17.7 Å². The van der Waals surface area contributed by atoms with Crippen molar-refractivity contribution in [3.8, 4) is 0 Å². The zero-order valence-corrected chi connectivity index (χ0v) is 8.79. The number of aromatic nitrogens is 2. The number of hydrogen-bond donors (Lipinski definition) is 1. The lowest BCUT2D eigenvalue weighted by Crippen LogP contribution is -2.29. The third kappa shape index (κ3) is 1.75. The van der Waals surface area contributed by atoms with Gasteiger partial charge in [0, 0.05) is 12.8 Å². The van der Waals surface area contributed by atoms with Crippen LogP contribution >= 0.6 is 0 Å². The summed E-state index contributed by atoms with van der Waals surface area (Å²) in [6.45, 7) is 5.75. The Morgan fingerprint density at radius 1 is 1.71 bits per heavy atom. The number of rotatable bonds is 2. The van der Waals surface area contributed by atoms with Crippen LogP contribution in [0.2, 0.25) is 0 Å². The van der Waals surface area contributed by atoms with E-state index in [0.29, 0.717) is 5.95 Å². The maximum Gasteiger partial charge on any atom is 0.200 e. The highest BCUT2D eigenvalue weighted by molar-refractivity contribution is 5.21. The van der Waals surface area contributed by atoms with Gasteiger partial charge in [0.2, 0.25) is 0 Å². The zero-order valence-electron chi connectivity index (χ0n) is 8.79. The zero-order chi connectivity index (χ0) is 10.2. The van der Waals surface area contributed by atoms with E-state index in [1.54, 1.807) is 0 Å². The molecule has 1 unspecified atom stereocenters. The maximum absolute atomic E-state index is 5.77. The number of nitrogen functional groups attached to an aromatic ring is 1. The largest absolute Gasteiger partial charge is 0.373 e. The van der Waals surface area contributed by atoms with Gasteiger partial charge in [0.1, 0.15) is 0 Å². The number of hydrogen-bond acceptors (Lipinski definition) is 3. The molecule has 0 aliphatic carbocycles. The molecule has 1 atom stereocenters. The van der Waals surface area contributed by atoms with E-state index in [4.69, 9.17) is 10.5 Å². The number of anilines is 1. The number of imidazole rings is 1. The van der Waals surface area contributed by atoms with E-state index in [9.17, 15) is 0 Å². The summed E-state index contributed by atoms with van der Waals surface area (Å²) in [5, 5.41) is 0. The summed E-state index contributed by atoms with van der Waals surface area (Å²) < 4.78 is 7.68. The van der Waals surface area contributed by atoms with Gasteiger partial charge in [-0.3, -0.25) is 0 Å². The molecule has 4 heteroatoms. The van der Waals surface area contributed by atoms with Crippen molar-refractivity contribution in [3.05, 3.63) is 11.9 Å². The Labute approximate surface area is 84.1 Å². The molecule has 0 bridgehead atoms. The van der Waals surface area contributed by atoms with E-state index in [0.717, 1.165) is 31.7 Å². The molecule has 1 aromatic rings. The van der Waals surface area contributed by atoms with Crippen molar-refractivity contribution in [2.45, 2.75) is 38.8 Å². The van der Waals surface area contributed by atoms with Crippen LogP contribution in [-0.4, -0.2) is 21.8 Å². The van der Waals surface area contributed by atoms with Gasteiger partial charge in [-0.1, -0.05) is 0 Å². The number of nitrogens with two attached hydrogens (primary N) is 1. The molecule has 1 aliphatic heterocycles. The molecular formula is C10H17N3O. The van der Waals surface area contributed by atoms with Crippen LogP contribution in [-0.2, 0) is 11.3 Å². The van der Waals surface area contributed by atoms with E-state index in [-0.39, 0.29) is 5.60 Å². The summed E-state index contributed by atoms with van der Waals surface area (Å²) in [6, 6.07) is 0. The Kier molecular flexibility index (Phi) is 2.23. The van der Waals surface area contributed by atoms with E-state index in [1.165, 1.54) is 0 Å². The first kappa shape index (κ1) is 9.52. The highest BCUT2D eigenvalue weighted by Gasteiger charge is 2.30. The molecule has 0 saturated carbocycles. The van der Waals surface area contributed by atoms with Gasteiger partial charge >= 0.3 is 0 Å². The number of aryl methyl sites for hydroxylation is 1. The third-order valence-corrected chi connectivity index (χ3v) is 2.73. The molecule has 0 radical (unpaired) electrons. The molecular weight excluding hydrogens is 178 g/mol.